The third kappa shape index (κ3) is 2.61. The number of aromatic nitrogens is 1. The van der Waals surface area contributed by atoms with Crippen molar-refractivity contribution in [3.8, 4) is 0 Å². The molecule has 0 bridgehead atoms. The van der Waals surface area contributed by atoms with E-state index in [-0.39, 0.29) is 11.9 Å². The first-order valence-electron chi connectivity index (χ1n) is 6.26. The van der Waals surface area contributed by atoms with Crippen LogP contribution in [0, 0.1) is 0 Å². The fraction of sp³-hybridized carbons (Fsp3) is 0.200. The Kier molecular flexibility index (Phi) is 3.22. The second kappa shape index (κ2) is 5.02. The number of carbonyl (C=O) groups excluding carboxylic acids is 1. The van der Waals surface area contributed by atoms with E-state index in [1.54, 1.807) is 35.4 Å². The van der Waals surface area contributed by atoms with Crippen LogP contribution in [0.3, 0.4) is 0 Å². The van der Waals surface area contributed by atoms with E-state index in [9.17, 15) is 4.79 Å². The highest BCUT2D eigenvalue weighted by atomic mass is 35.5. The minimum Gasteiger partial charge on any atom is -0.290 e. The van der Waals surface area contributed by atoms with Crippen molar-refractivity contribution in [3.63, 3.8) is 0 Å². The molecule has 1 aliphatic rings. The van der Waals surface area contributed by atoms with Crippen LogP contribution in [0.2, 0.25) is 5.02 Å². The quantitative estimate of drug-likeness (QED) is 0.856. The topological polar surface area (TPSA) is 33.2 Å². The summed E-state index contributed by atoms with van der Waals surface area (Å²) in [4.78, 5) is 18.7. The summed E-state index contributed by atoms with van der Waals surface area (Å²) in [7, 11) is 0. The summed E-state index contributed by atoms with van der Waals surface area (Å²) in [6.45, 7) is 0. The molecule has 0 N–H and O–H groups in total. The molecule has 0 unspecified atom stereocenters. The smallest absolute Gasteiger partial charge is 0.259 e. The molecule has 1 amide bonds. The van der Waals surface area contributed by atoms with E-state index in [2.05, 4.69) is 4.98 Å². The molecule has 1 aromatic heterocycles. The highest BCUT2D eigenvalue weighted by Crippen LogP contribution is 2.32. The van der Waals surface area contributed by atoms with Gasteiger partial charge in [0.05, 0.1) is 0 Å². The monoisotopic (exact) mass is 272 g/mol. The Bertz CT molecular complexity index is 596. The predicted molar refractivity (Wildman–Crippen MR) is 75.5 cm³/mol. The van der Waals surface area contributed by atoms with Crippen molar-refractivity contribution in [1.82, 2.24) is 4.98 Å². The van der Waals surface area contributed by atoms with Gasteiger partial charge in [-0.2, -0.15) is 0 Å². The molecule has 3 nitrogen and oxygen atoms in total. The van der Waals surface area contributed by atoms with Gasteiger partial charge in [-0.3, -0.25) is 9.69 Å². The zero-order valence-electron chi connectivity index (χ0n) is 10.3. The molecular weight excluding hydrogens is 260 g/mol. The summed E-state index contributed by atoms with van der Waals surface area (Å²) in [6.07, 6.45) is 3.77. The van der Waals surface area contributed by atoms with Gasteiger partial charge in [-0.1, -0.05) is 23.7 Å². The lowest BCUT2D eigenvalue weighted by molar-refractivity contribution is 0.0984. The second-order valence-corrected chi connectivity index (χ2v) is 5.04. The number of hydrogen-bond donors (Lipinski definition) is 0. The van der Waals surface area contributed by atoms with Gasteiger partial charge in [0.25, 0.3) is 5.91 Å². The lowest BCUT2D eigenvalue weighted by Gasteiger charge is -2.21. The van der Waals surface area contributed by atoms with Crippen LogP contribution in [0.25, 0.3) is 0 Å². The van der Waals surface area contributed by atoms with Gasteiger partial charge in [0.1, 0.15) is 5.82 Å². The molecule has 2 aromatic rings. The normalized spacial score (nSPS) is 14.2. The van der Waals surface area contributed by atoms with Gasteiger partial charge in [0, 0.05) is 22.8 Å². The summed E-state index contributed by atoms with van der Waals surface area (Å²) in [5, 5.41) is 0.572. The van der Waals surface area contributed by atoms with Crippen molar-refractivity contribution >= 4 is 23.3 Å². The van der Waals surface area contributed by atoms with Gasteiger partial charge < -0.3 is 0 Å². The van der Waals surface area contributed by atoms with Gasteiger partial charge in [-0.05, 0) is 43.2 Å². The Morgan fingerprint density at radius 3 is 2.68 bits per heavy atom. The van der Waals surface area contributed by atoms with Crippen LogP contribution < -0.4 is 4.90 Å². The summed E-state index contributed by atoms with van der Waals surface area (Å²) in [5.74, 6) is 0.665. The molecule has 1 aliphatic carbocycles. The van der Waals surface area contributed by atoms with E-state index in [0.717, 1.165) is 12.8 Å². The number of benzene rings is 1. The number of rotatable bonds is 3. The lowest BCUT2D eigenvalue weighted by atomic mass is 10.2. The molecule has 1 aromatic carbocycles. The predicted octanol–water partition coefficient (Wildman–Crippen LogP) is 3.54. The zero-order chi connectivity index (χ0) is 13.2. The minimum absolute atomic E-state index is 0.0382. The Balaban J connectivity index is 1.95. The van der Waals surface area contributed by atoms with E-state index in [1.807, 2.05) is 18.2 Å². The Labute approximate surface area is 116 Å². The average Bonchev–Trinajstić information content (AvgIpc) is 3.25. The highest BCUT2D eigenvalue weighted by Gasteiger charge is 2.34. The maximum Gasteiger partial charge on any atom is 0.259 e. The summed E-state index contributed by atoms with van der Waals surface area (Å²) >= 11 is 5.95. The Morgan fingerprint density at radius 2 is 2.05 bits per heavy atom. The highest BCUT2D eigenvalue weighted by molar-refractivity contribution is 6.31. The Hall–Kier alpha value is -1.87. The molecular formula is C15H13ClN2O. The van der Waals surface area contributed by atoms with Crippen LogP contribution in [0.4, 0.5) is 5.82 Å². The molecule has 3 rings (SSSR count). The second-order valence-electron chi connectivity index (χ2n) is 4.60. The van der Waals surface area contributed by atoms with Crippen LogP contribution in [-0.4, -0.2) is 16.9 Å². The summed E-state index contributed by atoms with van der Waals surface area (Å²) in [5.41, 5.74) is 0.602. The van der Waals surface area contributed by atoms with Gasteiger partial charge in [-0.25, -0.2) is 4.98 Å². The van der Waals surface area contributed by atoms with Crippen LogP contribution in [0.15, 0.2) is 48.7 Å². The number of hydrogen-bond acceptors (Lipinski definition) is 2. The third-order valence-electron chi connectivity index (χ3n) is 3.10. The SMILES string of the molecule is O=C(c1cccc(Cl)c1)N(c1ccccn1)C1CC1. The maximum atomic E-state index is 12.6. The van der Waals surface area contributed by atoms with Crippen molar-refractivity contribution in [2.45, 2.75) is 18.9 Å². The van der Waals surface area contributed by atoms with E-state index in [0.29, 0.717) is 16.4 Å². The fourth-order valence-electron chi connectivity index (χ4n) is 2.05. The lowest BCUT2D eigenvalue weighted by Crippen LogP contribution is -2.33. The molecule has 4 heteroatoms. The third-order valence-corrected chi connectivity index (χ3v) is 3.33. The summed E-state index contributed by atoms with van der Waals surface area (Å²) < 4.78 is 0. The van der Waals surface area contributed by atoms with Crippen LogP contribution in [0.5, 0.6) is 0 Å². The number of anilines is 1. The number of halogens is 1. The first kappa shape index (κ1) is 12.2. The molecule has 1 saturated carbocycles. The standard InChI is InChI=1S/C15H13ClN2O/c16-12-5-3-4-11(10-12)15(19)18(13-7-8-13)14-6-1-2-9-17-14/h1-6,9-10,13H,7-8H2. The molecule has 0 aliphatic heterocycles. The number of carbonyl (C=O) groups is 1. The van der Waals surface area contributed by atoms with Gasteiger partial charge >= 0.3 is 0 Å². The average molecular weight is 273 g/mol. The van der Waals surface area contributed by atoms with Crippen molar-refractivity contribution in [2.75, 3.05) is 4.90 Å². The number of nitrogens with zero attached hydrogens (tertiary/aromatic N) is 2. The minimum atomic E-state index is -0.0382. The molecule has 0 radical (unpaired) electrons. The van der Waals surface area contributed by atoms with Crippen LogP contribution in [-0.2, 0) is 0 Å². The van der Waals surface area contributed by atoms with Gasteiger partial charge in [-0.15, -0.1) is 0 Å². The summed E-state index contributed by atoms with van der Waals surface area (Å²) in [6, 6.07) is 12.9. The fourth-order valence-corrected chi connectivity index (χ4v) is 2.24. The molecule has 0 spiro atoms. The molecule has 19 heavy (non-hydrogen) atoms. The van der Waals surface area contributed by atoms with Crippen molar-refractivity contribution in [1.29, 1.82) is 0 Å². The van der Waals surface area contributed by atoms with Crippen LogP contribution in [0.1, 0.15) is 23.2 Å². The van der Waals surface area contributed by atoms with E-state index in [1.165, 1.54) is 0 Å². The van der Waals surface area contributed by atoms with Crippen molar-refractivity contribution in [2.24, 2.45) is 0 Å². The van der Waals surface area contributed by atoms with E-state index < -0.39 is 0 Å². The molecule has 96 valence electrons. The largest absolute Gasteiger partial charge is 0.290 e. The number of amides is 1. The van der Waals surface area contributed by atoms with Crippen molar-refractivity contribution < 1.29 is 4.79 Å². The molecule has 1 fully saturated rings. The first-order valence-corrected chi connectivity index (χ1v) is 6.63. The van der Waals surface area contributed by atoms with E-state index in [4.69, 9.17) is 11.6 Å². The molecule has 0 atom stereocenters. The Morgan fingerprint density at radius 1 is 1.21 bits per heavy atom. The van der Waals surface area contributed by atoms with E-state index >= 15 is 0 Å². The molecule has 0 saturated heterocycles. The van der Waals surface area contributed by atoms with Gasteiger partial charge in [0.15, 0.2) is 0 Å². The van der Waals surface area contributed by atoms with Crippen LogP contribution >= 0.6 is 11.6 Å². The maximum absolute atomic E-state index is 12.6. The number of pyridine rings is 1. The first-order chi connectivity index (χ1) is 9.25. The van der Waals surface area contributed by atoms with Crippen molar-refractivity contribution in [3.05, 3.63) is 59.2 Å². The van der Waals surface area contributed by atoms with Gasteiger partial charge in [0.2, 0.25) is 0 Å². The molecule has 1 heterocycles. The zero-order valence-corrected chi connectivity index (χ0v) is 11.0.